The number of alkyl halides is 3. The summed E-state index contributed by atoms with van der Waals surface area (Å²) in [5, 5.41) is 0. The predicted octanol–water partition coefficient (Wildman–Crippen LogP) is 3.08. The van der Waals surface area contributed by atoms with Gasteiger partial charge in [0.15, 0.2) is 11.5 Å². The first-order valence-corrected chi connectivity index (χ1v) is 11.4. The summed E-state index contributed by atoms with van der Waals surface area (Å²) in [7, 11) is 0. The first-order chi connectivity index (χ1) is 17.5. The molecule has 2 aromatic heterocycles. The average molecular weight is 518 g/mol. The van der Waals surface area contributed by atoms with Gasteiger partial charge in [0.25, 0.3) is 11.8 Å². The highest BCUT2D eigenvalue weighted by Crippen LogP contribution is 2.25. The van der Waals surface area contributed by atoms with Crippen molar-refractivity contribution < 1.29 is 36.7 Å². The minimum absolute atomic E-state index is 0.0284. The number of ether oxygens (including phenoxy) is 1. The van der Waals surface area contributed by atoms with Gasteiger partial charge in [0.05, 0.1) is 24.1 Å². The van der Waals surface area contributed by atoms with Crippen molar-refractivity contribution in [2.75, 3.05) is 32.7 Å². The monoisotopic (exact) mass is 518 g/mol. The van der Waals surface area contributed by atoms with E-state index in [0.717, 1.165) is 0 Å². The molecule has 0 saturated carbocycles. The van der Waals surface area contributed by atoms with Crippen molar-refractivity contribution in [3.05, 3.63) is 77.0 Å². The van der Waals surface area contributed by atoms with E-state index in [-0.39, 0.29) is 47.5 Å². The van der Waals surface area contributed by atoms with Gasteiger partial charge in [-0.15, -0.1) is 13.2 Å². The summed E-state index contributed by atoms with van der Waals surface area (Å²) in [5.74, 6) is -1.36. The number of piperazine rings is 1. The number of Topliss-reactive ketones (excluding diaryl/α,β-unsaturated/α-hetero) is 1. The number of nitrogens with two attached hydrogens (primary N) is 1. The highest BCUT2D eigenvalue weighted by atomic mass is 19.4. The molecule has 4 rings (SSSR count). The molecule has 0 unspecified atom stereocenters. The Hall–Kier alpha value is -4.06. The van der Waals surface area contributed by atoms with Crippen LogP contribution in [0.25, 0.3) is 0 Å². The number of nitrogens with zero attached hydrogens (tertiary/aromatic N) is 3. The number of ketones is 1. The number of amides is 2. The van der Waals surface area contributed by atoms with Crippen LogP contribution in [0.15, 0.2) is 53.1 Å². The number of benzene rings is 1. The summed E-state index contributed by atoms with van der Waals surface area (Å²) in [5.41, 5.74) is 6.71. The Labute approximate surface area is 210 Å². The van der Waals surface area contributed by atoms with Gasteiger partial charge in [-0.2, -0.15) is 0 Å². The van der Waals surface area contributed by atoms with Crippen LogP contribution >= 0.6 is 0 Å². The lowest BCUT2D eigenvalue weighted by molar-refractivity contribution is -0.274. The van der Waals surface area contributed by atoms with E-state index >= 15 is 0 Å². The van der Waals surface area contributed by atoms with Crippen molar-refractivity contribution in [3.8, 4) is 5.75 Å². The quantitative estimate of drug-likeness (QED) is 0.459. The topological polar surface area (TPSA) is 111 Å². The maximum absolute atomic E-state index is 13.3. The number of halogens is 3. The molecule has 0 bridgehead atoms. The Morgan fingerprint density at radius 2 is 1.78 bits per heavy atom. The second-order valence-corrected chi connectivity index (χ2v) is 8.64. The maximum Gasteiger partial charge on any atom is 0.573 e. The van der Waals surface area contributed by atoms with Crippen molar-refractivity contribution >= 4 is 17.6 Å². The number of carbonyl (C=O) groups excluding carboxylic acids is 3. The SMILES string of the molecule is Cc1c(C(N)=O)cc(C(=O)CN2CCN(C(=O)c3ccco3)CC2)n1Cc1cccc(OC(F)(F)F)c1. The molecule has 9 nitrogen and oxygen atoms in total. The van der Waals surface area contributed by atoms with E-state index in [1.165, 1.54) is 30.5 Å². The van der Waals surface area contributed by atoms with Crippen LogP contribution < -0.4 is 10.5 Å². The third-order valence-electron chi connectivity index (χ3n) is 6.15. The van der Waals surface area contributed by atoms with Crippen LogP contribution in [-0.4, -0.2) is 71.1 Å². The summed E-state index contributed by atoms with van der Waals surface area (Å²) in [6, 6.07) is 10.0. The van der Waals surface area contributed by atoms with Crippen LogP contribution in [0.2, 0.25) is 0 Å². The van der Waals surface area contributed by atoms with Gasteiger partial charge in [-0.3, -0.25) is 19.3 Å². The lowest BCUT2D eigenvalue weighted by Gasteiger charge is -2.33. The minimum atomic E-state index is -4.84. The van der Waals surface area contributed by atoms with Gasteiger partial charge >= 0.3 is 6.36 Å². The van der Waals surface area contributed by atoms with Gasteiger partial charge < -0.3 is 24.4 Å². The first kappa shape index (κ1) is 26.0. The van der Waals surface area contributed by atoms with E-state index in [9.17, 15) is 27.6 Å². The molecule has 3 heterocycles. The summed E-state index contributed by atoms with van der Waals surface area (Å²) < 4.78 is 48.6. The van der Waals surface area contributed by atoms with Crippen LogP contribution in [-0.2, 0) is 6.54 Å². The molecular formula is C25H25F3N4O5. The normalized spacial score (nSPS) is 14.5. The molecule has 37 heavy (non-hydrogen) atoms. The van der Waals surface area contributed by atoms with Gasteiger partial charge in [0.2, 0.25) is 0 Å². The van der Waals surface area contributed by atoms with Crippen LogP contribution in [0.3, 0.4) is 0 Å². The molecule has 2 amide bonds. The predicted molar refractivity (Wildman–Crippen MR) is 125 cm³/mol. The molecule has 0 spiro atoms. The van der Waals surface area contributed by atoms with E-state index in [1.54, 1.807) is 34.6 Å². The number of furan rings is 1. The molecule has 2 N–H and O–H groups in total. The summed E-state index contributed by atoms with van der Waals surface area (Å²) in [4.78, 5) is 41.2. The van der Waals surface area contributed by atoms with E-state index in [2.05, 4.69) is 4.74 Å². The summed E-state index contributed by atoms with van der Waals surface area (Å²) in [6.07, 6.45) is -3.41. The van der Waals surface area contributed by atoms with Crippen molar-refractivity contribution in [2.45, 2.75) is 19.8 Å². The zero-order valence-corrected chi connectivity index (χ0v) is 20.0. The fourth-order valence-electron chi connectivity index (χ4n) is 4.30. The Morgan fingerprint density at radius 1 is 1.05 bits per heavy atom. The van der Waals surface area contributed by atoms with Crippen molar-refractivity contribution in [3.63, 3.8) is 0 Å². The van der Waals surface area contributed by atoms with Crippen LogP contribution in [0, 0.1) is 6.92 Å². The third-order valence-corrected chi connectivity index (χ3v) is 6.15. The Kier molecular flexibility index (Phi) is 7.39. The molecule has 0 aliphatic carbocycles. The smallest absolute Gasteiger partial charge is 0.459 e. The lowest BCUT2D eigenvalue weighted by atomic mass is 10.2. The molecule has 3 aromatic rings. The first-order valence-electron chi connectivity index (χ1n) is 11.4. The zero-order chi connectivity index (χ0) is 26.7. The molecule has 1 fully saturated rings. The molecule has 0 atom stereocenters. The molecule has 1 aliphatic rings. The Morgan fingerprint density at radius 3 is 2.41 bits per heavy atom. The number of primary amides is 1. The maximum atomic E-state index is 13.3. The number of carbonyl (C=O) groups is 3. The molecule has 0 radical (unpaired) electrons. The third kappa shape index (κ3) is 6.20. The fourth-order valence-corrected chi connectivity index (χ4v) is 4.30. The van der Waals surface area contributed by atoms with Crippen LogP contribution in [0.4, 0.5) is 13.2 Å². The summed E-state index contributed by atoms with van der Waals surface area (Å²) in [6.45, 7) is 3.40. The lowest BCUT2D eigenvalue weighted by Crippen LogP contribution is -2.50. The fraction of sp³-hybridized carbons (Fsp3) is 0.320. The minimum Gasteiger partial charge on any atom is -0.459 e. The molecule has 1 aromatic carbocycles. The van der Waals surface area contributed by atoms with Crippen molar-refractivity contribution in [1.29, 1.82) is 0 Å². The number of hydrogen-bond donors (Lipinski definition) is 1. The summed E-state index contributed by atoms with van der Waals surface area (Å²) >= 11 is 0. The number of aromatic nitrogens is 1. The second-order valence-electron chi connectivity index (χ2n) is 8.64. The van der Waals surface area contributed by atoms with Crippen LogP contribution in [0.1, 0.15) is 42.7 Å². The van der Waals surface area contributed by atoms with Gasteiger partial charge in [-0.1, -0.05) is 12.1 Å². The number of rotatable bonds is 8. The number of hydrogen-bond acceptors (Lipinski definition) is 6. The van der Waals surface area contributed by atoms with E-state index in [0.29, 0.717) is 37.4 Å². The average Bonchev–Trinajstić information content (AvgIpc) is 3.47. The van der Waals surface area contributed by atoms with Gasteiger partial charge in [-0.05, 0) is 42.8 Å². The van der Waals surface area contributed by atoms with Gasteiger partial charge in [0, 0.05) is 38.4 Å². The van der Waals surface area contributed by atoms with Gasteiger partial charge in [-0.25, -0.2) is 0 Å². The van der Waals surface area contributed by atoms with E-state index < -0.39 is 12.3 Å². The van der Waals surface area contributed by atoms with Crippen LogP contribution in [0.5, 0.6) is 5.75 Å². The Bertz CT molecular complexity index is 1290. The zero-order valence-electron chi connectivity index (χ0n) is 20.0. The highest BCUT2D eigenvalue weighted by molar-refractivity contribution is 6.01. The standard InChI is InChI=1S/C25H25F3N4O5/c1-16-19(23(29)34)13-20(32(16)14-17-4-2-5-18(12-17)37-25(26,27)28)21(33)15-30-7-9-31(10-8-30)24(35)22-6-3-11-36-22/h2-6,11-13H,7-10,14-15H2,1H3,(H2,29,34). The van der Waals surface area contributed by atoms with Crippen molar-refractivity contribution in [2.24, 2.45) is 5.73 Å². The molecule has 1 saturated heterocycles. The molecule has 1 aliphatic heterocycles. The highest BCUT2D eigenvalue weighted by Gasteiger charge is 2.31. The van der Waals surface area contributed by atoms with E-state index in [4.69, 9.17) is 10.2 Å². The second kappa shape index (κ2) is 10.5. The van der Waals surface area contributed by atoms with Gasteiger partial charge in [0.1, 0.15) is 5.75 Å². The van der Waals surface area contributed by atoms with Crippen molar-refractivity contribution in [1.82, 2.24) is 14.4 Å². The molecule has 12 heteroatoms. The van der Waals surface area contributed by atoms with E-state index in [1.807, 2.05) is 4.90 Å². The molecule has 196 valence electrons. The Balaban J connectivity index is 1.48. The largest absolute Gasteiger partial charge is 0.573 e. The molecular weight excluding hydrogens is 493 g/mol.